The second-order valence-electron chi connectivity index (χ2n) is 5.77. The average Bonchev–Trinajstić information content (AvgIpc) is 2.64. The lowest BCUT2D eigenvalue weighted by Gasteiger charge is -2.28. The third kappa shape index (κ3) is 3.74. The largest absolute Gasteiger partial charge is 0.317 e. The van der Waals surface area contributed by atoms with E-state index in [2.05, 4.69) is 17.6 Å². The average molecular weight is 224 g/mol. The van der Waals surface area contributed by atoms with Crippen LogP contribution in [0.25, 0.3) is 0 Å². The van der Waals surface area contributed by atoms with Crippen molar-refractivity contribution in [3.05, 3.63) is 0 Å². The Morgan fingerprint density at radius 2 is 1.75 bits per heavy atom. The lowest BCUT2D eigenvalue weighted by molar-refractivity contribution is 0.307. The molecule has 0 amide bonds. The molecule has 2 heteroatoms. The minimum absolute atomic E-state index is 0.778. The Morgan fingerprint density at radius 3 is 2.69 bits per heavy atom. The predicted molar refractivity (Wildman–Crippen MR) is 69.7 cm³/mol. The molecule has 94 valence electrons. The van der Waals surface area contributed by atoms with Gasteiger partial charge in [0.2, 0.25) is 0 Å². The number of hydrogen-bond donors (Lipinski definition) is 2. The minimum Gasteiger partial charge on any atom is -0.317 e. The summed E-state index contributed by atoms with van der Waals surface area (Å²) in [5.74, 6) is 0.888. The standard InChI is InChI=1S/C14H28N2/c1-12-6-3-2-4-8-14(12)16-13-7-5-10-15-11-9-13/h12-16H,2-11H2,1H3. The first kappa shape index (κ1) is 12.4. The number of hydrogen-bond acceptors (Lipinski definition) is 2. The molecule has 3 atom stereocenters. The van der Waals surface area contributed by atoms with Gasteiger partial charge in [0, 0.05) is 12.1 Å². The zero-order valence-electron chi connectivity index (χ0n) is 10.8. The highest BCUT2D eigenvalue weighted by atomic mass is 15.0. The quantitative estimate of drug-likeness (QED) is 0.705. The minimum atomic E-state index is 0.778. The Hall–Kier alpha value is -0.0800. The second kappa shape index (κ2) is 6.61. The van der Waals surface area contributed by atoms with Crippen molar-refractivity contribution in [2.24, 2.45) is 5.92 Å². The Bertz CT molecular complexity index is 185. The summed E-state index contributed by atoms with van der Waals surface area (Å²) in [7, 11) is 0. The number of nitrogens with one attached hydrogen (secondary N) is 2. The highest BCUT2D eigenvalue weighted by Gasteiger charge is 2.22. The molecule has 1 saturated heterocycles. The maximum absolute atomic E-state index is 3.95. The van der Waals surface area contributed by atoms with Crippen LogP contribution in [0.2, 0.25) is 0 Å². The smallest absolute Gasteiger partial charge is 0.00952 e. The van der Waals surface area contributed by atoms with Crippen molar-refractivity contribution in [1.82, 2.24) is 10.6 Å². The van der Waals surface area contributed by atoms with Crippen LogP contribution in [-0.4, -0.2) is 25.2 Å². The first-order valence-corrected chi connectivity index (χ1v) is 7.33. The van der Waals surface area contributed by atoms with Crippen molar-refractivity contribution in [2.75, 3.05) is 13.1 Å². The van der Waals surface area contributed by atoms with Gasteiger partial charge in [-0.1, -0.05) is 26.2 Å². The van der Waals surface area contributed by atoms with Crippen molar-refractivity contribution in [2.45, 2.75) is 70.4 Å². The van der Waals surface area contributed by atoms with Gasteiger partial charge in [0.15, 0.2) is 0 Å². The van der Waals surface area contributed by atoms with E-state index in [1.54, 1.807) is 0 Å². The summed E-state index contributed by atoms with van der Waals surface area (Å²) >= 11 is 0. The van der Waals surface area contributed by atoms with Crippen molar-refractivity contribution < 1.29 is 0 Å². The Balaban J connectivity index is 1.81. The van der Waals surface area contributed by atoms with Crippen LogP contribution < -0.4 is 10.6 Å². The highest BCUT2D eigenvalue weighted by molar-refractivity contribution is 4.82. The summed E-state index contributed by atoms with van der Waals surface area (Å²) in [6, 6.07) is 1.58. The van der Waals surface area contributed by atoms with E-state index in [1.165, 1.54) is 64.5 Å². The van der Waals surface area contributed by atoms with E-state index in [9.17, 15) is 0 Å². The van der Waals surface area contributed by atoms with Gasteiger partial charge < -0.3 is 10.6 Å². The first-order valence-electron chi connectivity index (χ1n) is 7.33. The molecule has 0 bridgehead atoms. The maximum atomic E-state index is 3.95. The van der Waals surface area contributed by atoms with Crippen LogP contribution in [0.4, 0.5) is 0 Å². The monoisotopic (exact) mass is 224 g/mol. The molecule has 3 unspecified atom stereocenters. The van der Waals surface area contributed by atoms with Crippen LogP contribution in [0.1, 0.15) is 58.3 Å². The van der Waals surface area contributed by atoms with Gasteiger partial charge in [-0.05, 0) is 51.1 Å². The Labute approximate surface area is 101 Å². The van der Waals surface area contributed by atoms with Gasteiger partial charge in [0.1, 0.15) is 0 Å². The van der Waals surface area contributed by atoms with Crippen LogP contribution in [0.3, 0.4) is 0 Å². The van der Waals surface area contributed by atoms with Crippen LogP contribution >= 0.6 is 0 Å². The van der Waals surface area contributed by atoms with E-state index < -0.39 is 0 Å². The lowest BCUT2D eigenvalue weighted by Crippen LogP contribution is -2.42. The van der Waals surface area contributed by atoms with Crippen LogP contribution in [0.5, 0.6) is 0 Å². The third-order valence-electron chi connectivity index (χ3n) is 4.39. The molecule has 0 spiro atoms. The Morgan fingerprint density at radius 1 is 0.875 bits per heavy atom. The SMILES string of the molecule is CC1CCCCCC1NC1CCCNCC1. The molecule has 2 nitrogen and oxygen atoms in total. The molecule has 2 N–H and O–H groups in total. The van der Waals surface area contributed by atoms with Crippen molar-refractivity contribution in [3.63, 3.8) is 0 Å². The molecule has 1 aliphatic carbocycles. The normalized spacial score (nSPS) is 37.7. The van der Waals surface area contributed by atoms with Gasteiger partial charge in [-0.2, -0.15) is 0 Å². The van der Waals surface area contributed by atoms with Crippen molar-refractivity contribution >= 4 is 0 Å². The third-order valence-corrected chi connectivity index (χ3v) is 4.39. The van der Waals surface area contributed by atoms with Crippen molar-refractivity contribution in [3.8, 4) is 0 Å². The fraction of sp³-hybridized carbons (Fsp3) is 1.00. The summed E-state index contributed by atoms with van der Waals surface area (Å²) in [6.45, 7) is 4.87. The van der Waals surface area contributed by atoms with Crippen LogP contribution in [0, 0.1) is 5.92 Å². The van der Waals surface area contributed by atoms with Gasteiger partial charge in [0.25, 0.3) is 0 Å². The molecular weight excluding hydrogens is 196 g/mol. The summed E-state index contributed by atoms with van der Waals surface area (Å²) in [5, 5.41) is 7.45. The van der Waals surface area contributed by atoms with E-state index in [-0.39, 0.29) is 0 Å². The van der Waals surface area contributed by atoms with Gasteiger partial charge in [-0.3, -0.25) is 0 Å². The summed E-state index contributed by atoms with van der Waals surface area (Å²) in [6.07, 6.45) is 11.2. The second-order valence-corrected chi connectivity index (χ2v) is 5.77. The molecule has 0 aromatic carbocycles. The molecule has 0 aromatic rings. The summed E-state index contributed by atoms with van der Waals surface area (Å²) < 4.78 is 0. The van der Waals surface area contributed by atoms with E-state index in [0.717, 1.165) is 18.0 Å². The van der Waals surface area contributed by atoms with E-state index in [0.29, 0.717) is 0 Å². The van der Waals surface area contributed by atoms with Gasteiger partial charge in [0.05, 0.1) is 0 Å². The summed E-state index contributed by atoms with van der Waals surface area (Å²) in [5.41, 5.74) is 0. The molecule has 2 fully saturated rings. The maximum Gasteiger partial charge on any atom is 0.00952 e. The topological polar surface area (TPSA) is 24.1 Å². The van der Waals surface area contributed by atoms with Crippen LogP contribution in [-0.2, 0) is 0 Å². The first-order chi connectivity index (χ1) is 7.86. The van der Waals surface area contributed by atoms with Crippen molar-refractivity contribution in [1.29, 1.82) is 0 Å². The van der Waals surface area contributed by atoms with Gasteiger partial charge >= 0.3 is 0 Å². The zero-order valence-corrected chi connectivity index (χ0v) is 10.8. The molecule has 0 aromatic heterocycles. The Kier molecular flexibility index (Phi) is 5.11. The summed E-state index contributed by atoms with van der Waals surface area (Å²) in [4.78, 5) is 0. The molecule has 1 heterocycles. The van der Waals surface area contributed by atoms with Gasteiger partial charge in [-0.15, -0.1) is 0 Å². The van der Waals surface area contributed by atoms with E-state index in [4.69, 9.17) is 0 Å². The zero-order chi connectivity index (χ0) is 11.2. The molecule has 2 rings (SSSR count). The number of rotatable bonds is 2. The molecular formula is C14H28N2. The predicted octanol–water partition coefficient (Wildman–Crippen LogP) is 2.69. The molecule has 16 heavy (non-hydrogen) atoms. The fourth-order valence-electron chi connectivity index (χ4n) is 3.23. The van der Waals surface area contributed by atoms with Crippen LogP contribution in [0.15, 0.2) is 0 Å². The lowest BCUT2D eigenvalue weighted by atomic mass is 9.95. The fourth-order valence-corrected chi connectivity index (χ4v) is 3.23. The van der Waals surface area contributed by atoms with E-state index >= 15 is 0 Å². The molecule has 2 aliphatic rings. The highest BCUT2D eigenvalue weighted by Crippen LogP contribution is 2.24. The van der Waals surface area contributed by atoms with E-state index in [1.807, 2.05) is 0 Å². The molecule has 1 saturated carbocycles. The van der Waals surface area contributed by atoms with Gasteiger partial charge in [-0.25, -0.2) is 0 Å². The molecule has 0 radical (unpaired) electrons. The molecule has 1 aliphatic heterocycles.